The third kappa shape index (κ3) is 3.43. The van der Waals surface area contributed by atoms with E-state index in [1.807, 2.05) is 31.4 Å². The number of hydrogen-bond donors (Lipinski definition) is 1. The topological polar surface area (TPSA) is 75.9 Å². The highest BCUT2D eigenvalue weighted by molar-refractivity contribution is 5.94. The van der Waals surface area contributed by atoms with E-state index in [4.69, 9.17) is 0 Å². The van der Waals surface area contributed by atoms with Gasteiger partial charge in [0.05, 0.1) is 5.69 Å². The van der Waals surface area contributed by atoms with Crippen molar-refractivity contribution < 1.29 is 4.79 Å². The molecule has 1 amide bonds. The van der Waals surface area contributed by atoms with Gasteiger partial charge in [0.25, 0.3) is 0 Å². The highest BCUT2D eigenvalue weighted by Crippen LogP contribution is 2.23. The van der Waals surface area contributed by atoms with Crippen LogP contribution in [0.2, 0.25) is 0 Å². The minimum atomic E-state index is 0.0592. The van der Waals surface area contributed by atoms with Crippen LogP contribution in [0.15, 0.2) is 36.8 Å². The summed E-state index contributed by atoms with van der Waals surface area (Å²) in [5, 5.41) is 9.28. The van der Waals surface area contributed by atoms with E-state index in [0.717, 1.165) is 48.1 Å². The molecule has 1 saturated heterocycles. The van der Waals surface area contributed by atoms with Crippen LogP contribution in [0.3, 0.4) is 0 Å². The van der Waals surface area contributed by atoms with Crippen LogP contribution in [-0.4, -0.2) is 50.7 Å². The van der Waals surface area contributed by atoms with Gasteiger partial charge in [0.2, 0.25) is 5.91 Å². The van der Waals surface area contributed by atoms with Gasteiger partial charge in [-0.3, -0.25) is 14.5 Å². The smallest absolute Gasteiger partial charge is 0.228 e. The molecule has 0 radical (unpaired) electrons. The molecule has 1 aliphatic heterocycles. The Morgan fingerprint density at radius 2 is 1.85 bits per heavy atom. The summed E-state index contributed by atoms with van der Waals surface area (Å²) >= 11 is 0. The summed E-state index contributed by atoms with van der Waals surface area (Å²) in [6, 6.07) is 5.80. The molecule has 4 heterocycles. The Labute approximate surface area is 152 Å². The van der Waals surface area contributed by atoms with E-state index in [9.17, 15) is 4.79 Å². The lowest BCUT2D eigenvalue weighted by Crippen LogP contribution is -2.36. The number of hydrogen-bond acceptors (Lipinski definition) is 5. The van der Waals surface area contributed by atoms with Crippen molar-refractivity contribution in [1.82, 2.24) is 24.6 Å². The number of amides is 1. The van der Waals surface area contributed by atoms with Crippen molar-refractivity contribution in [3.05, 3.63) is 36.8 Å². The predicted molar refractivity (Wildman–Crippen MR) is 101 cm³/mol. The van der Waals surface area contributed by atoms with Gasteiger partial charge in [-0.2, -0.15) is 5.10 Å². The molecule has 1 fully saturated rings. The molecule has 7 nitrogen and oxygen atoms in total. The van der Waals surface area contributed by atoms with Crippen LogP contribution in [0.5, 0.6) is 0 Å². The van der Waals surface area contributed by atoms with Gasteiger partial charge in [-0.25, -0.2) is 4.98 Å². The van der Waals surface area contributed by atoms with E-state index in [1.165, 1.54) is 0 Å². The Hall–Kier alpha value is -2.80. The molecule has 3 aromatic rings. The number of piperidine rings is 1. The predicted octanol–water partition coefficient (Wildman–Crippen LogP) is 2.31. The molecule has 1 aliphatic rings. The van der Waals surface area contributed by atoms with Gasteiger partial charge >= 0.3 is 0 Å². The lowest BCUT2D eigenvalue weighted by atomic mass is 9.96. The Morgan fingerprint density at radius 3 is 2.58 bits per heavy atom. The van der Waals surface area contributed by atoms with E-state index in [1.54, 1.807) is 17.1 Å². The summed E-state index contributed by atoms with van der Waals surface area (Å²) < 4.78 is 1.75. The first-order valence-corrected chi connectivity index (χ1v) is 8.84. The summed E-state index contributed by atoms with van der Waals surface area (Å²) in [6.45, 7) is 1.92. The van der Waals surface area contributed by atoms with Crippen molar-refractivity contribution in [1.29, 1.82) is 0 Å². The molecule has 0 spiro atoms. The number of carbonyl (C=O) groups is 1. The Bertz CT molecular complexity index is 942. The molecule has 134 valence electrons. The Morgan fingerprint density at radius 1 is 1.08 bits per heavy atom. The van der Waals surface area contributed by atoms with Gasteiger partial charge in [0, 0.05) is 36.9 Å². The normalized spacial score (nSPS) is 16.1. The standard InChI is InChI=1S/C19H22N6O/c1-24-6-3-13(4-7-24)19(26)22-18-10-14-9-17(16-5-8-25(2)23-16)20-11-15(14)12-21-18/h5,8-13H,3-4,6-7H2,1-2H3,(H,21,22,26). The fourth-order valence-electron chi connectivity index (χ4n) is 3.30. The molecule has 0 atom stereocenters. The molecule has 0 bridgehead atoms. The molecule has 0 saturated carbocycles. The molecule has 26 heavy (non-hydrogen) atoms. The number of carbonyl (C=O) groups excluding carboxylic acids is 1. The average Bonchev–Trinajstić information content (AvgIpc) is 3.08. The minimum absolute atomic E-state index is 0.0592. The molecule has 0 aliphatic carbocycles. The number of likely N-dealkylation sites (tertiary alicyclic amines) is 1. The second kappa shape index (κ2) is 6.84. The second-order valence-electron chi connectivity index (χ2n) is 6.93. The van der Waals surface area contributed by atoms with E-state index in [2.05, 4.69) is 32.3 Å². The second-order valence-corrected chi connectivity index (χ2v) is 6.93. The third-order valence-corrected chi connectivity index (χ3v) is 4.92. The van der Waals surface area contributed by atoms with Crippen LogP contribution in [0.4, 0.5) is 5.82 Å². The zero-order valence-corrected chi connectivity index (χ0v) is 15.0. The maximum absolute atomic E-state index is 12.5. The molecule has 0 aromatic carbocycles. The molecule has 7 heteroatoms. The van der Waals surface area contributed by atoms with Crippen molar-refractivity contribution in [2.24, 2.45) is 13.0 Å². The van der Waals surface area contributed by atoms with Crippen LogP contribution in [0.1, 0.15) is 12.8 Å². The number of anilines is 1. The lowest BCUT2D eigenvalue weighted by molar-refractivity contribution is -0.121. The SMILES string of the molecule is CN1CCC(C(=O)Nc2cc3cc(-c4ccn(C)n4)ncc3cn2)CC1. The molecule has 4 rings (SSSR count). The highest BCUT2D eigenvalue weighted by Gasteiger charge is 2.23. The zero-order chi connectivity index (χ0) is 18.1. The molecular formula is C19H22N6O. The van der Waals surface area contributed by atoms with Gasteiger partial charge < -0.3 is 10.2 Å². The van der Waals surface area contributed by atoms with Crippen LogP contribution in [0, 0.1) is 5.92 Å². The van der Waals surface area contributed by atoms with E-state index < -0.39 is 0 Å². The zero-order valence-electron chi connectivity index (χ0n) is 15.0. The number of pyridine rings is 2. The van der Waals surface area contributed by atoms with E-state index >= 15 is 0 Å². The van der Waals surface area contributed by atoms with Crippen LogP contribution >= 0.6 is 0 Å². The number of aryl methyl sites for hydroxylation is 1. The monoisotopic (exact) mass is 350 g/mol. The van der Waals surface area contributed by atoms with Gasteiger partial charge in [0.15, 0.2) is 0 Å². The molecule has 0 unspecified atom stereocenters. The van der Waals surface area contributed by atoms with Crippen molar-refractivity contribution in [3.63, 3.8) is 0 Å². The van der Waals surface area contributed by atoms with Crippen molar-refractivity contribution >= 4 is 22.5 Å². The number of aromatic nitrogens is 4. The maximum atomic E-state index is 12.5. The van der Waals surface area contributed by atoms with E-state index in [0.29, 0.717) is 5.82 Å². The molecule has 1 N–H and O–H groups in total. The first-order chi connectivity index (χ1) is 12.6. The number of nitrogens with one attached hydrogen (secondary N) is 1. The third-order valence-electron chi connectivity index (χ3n) is 4.92. The Kier molecular flexibility index (Phi) is 4.38. The van der Waals surface area contributed by atoms with Crippen molar-refractivity contribution in [2.75, 3.05) is 25.5 Å². The fraction of sp³-hybridized carbons (Fsp3) is 0.368. The van der Waals surface area contributed by atoms with Gasteiger partial charge in [-0.1, -0.05) is 0 Å². The highest BCUT2D eigenvalue weighted by atomic mass is 16.1. The summed E-state index contributed by atoms with van der Waals surface area (Å²) in [4.78, 5) is 23.6. The maximum Gasteiger partial charge on any atom is 0.228 e. The summed E-state index contributed by atoms with van der Waals surface area (Å²) in [5.74, 6) is 0.703. The van der Waals surface area contributed by atoms with E-state index in [-0.39, 0.29) is 11.8 Å². The van der Waals surface area contributed by atoms with Crippen molar-refractivity contribution in [3.8, 4) is 11.4 Å². The first kappa shape index (κ1) is 16.7. The summed E-state index contributed by atoms with van der Waals surface area (Å²) in [5.41, 5.74) is 1.63. The van der Waals surface area contributed by atoms with Crippen LogP contribution in [0.25, 0.3) is 22.2 Å². The van der Waals surface area contributed by atoms with Crippen LogP contribution < -0.4 is 5.32 Å². The first-order valence-electron chi connectivity index (χ1n) is 8.84. The largest absolute Gasteiger partial charge is 0.310 e. The Balaban J connectivity index is 1.55. The minimum Gasteiger partial charge on any atom is -0.310 e. The van der Waals surface area contributed by atoms with Gasteiger partial charge in [0.1, 0.15) is 11.5 Å². The summed E-state index contributed by atoms with van der Waals surface area (Å²) in [6.07, 6.45) is 7.21. The number of fused-ring (bicyclic) bond motifs is 1. The molecular weight excluding hydrogens is 328 g/mol. The van der Waals surface area contributed by atoms with Crippen LogP contribution in [-0.2, 0) is 11.8 Å². The number of rotatable bonds is 3. The van der Waals surface area contributed by atoms with Crippen molar-refractivity contribution in [2.45, 2.75) is 12.8 Å². The molecule has 3 aromatic heterocycles. The number of nitrogens with zero attached hydrogens (tertiary/aromatic N) is 5. The van der Waals surface area contributed by atoms with Gasteiger partial charge in [-0.15, -0.1) is 0 Å². The summed E-state index contributed by atoms with van der Waals surface area (Å²) in [7, 11) is 3.97. The average molecular weight is 350 g/mol. The van der Waals surface area contributed by atoms with Gasteiger partial charge in [-0.05, 0) is 56.6 Å². The lowest BCUT2D eigenvalue weighted by Gasteiger charge is -2.27. The quantitative estimate of drug-likeness (QED) is 0.784. The fourth-order valence-corrected chi connectivity index (χ4v) is 3.30.